The standard InChI is InChI=1S/C13H13Cl2FN2S/c1-7(2)5-17-13-18-12(6-19-13)8-3-11(16)10(15)4-9(8)14/h3-4,6-7H,5H2,1-2H3,(H,17,18). The molecule has 1 heterocycles. The van der Waals surface area contributed by atoms with Gasteiger partial charge in [0, 0.05) is 17.5 Å². The number of nitrogens with one attached hydrogen (secondary N) is 1. The predicted octanol–water partition coefficient (Wildman–Crippen LogP) is 5.32. The second-order valence-electron chi connectivity index (χ2n) is 4.56. The molecule has 0 unspecified atom stereocenters. The number of nitrogens with zero attached hydrogens (tertiary/aromatic N) is 1. The van der Waals surface area contributed by atoms with Crippen molar-refractivity contribution in [2.45, 2.75) is 13.8 Å². The number of halogens is 3. The average Bonchev–Trinajstić information content (AvgIpc) is 2.80. The fourth-order valence-electron chi connectivity index (χ4n) is 1.49. The highest BCUT2D eigenvalue weighted by atomic mass is 35.5. The Bertz CT molecular complexity index is 584. The monoisotopic (exact) mass is 318 g/mol. The summed E-state index contributed by atoms with van der Waals surface area (Å²) in [5, 5.41) is 6.28. The van der Waals surface area contributed by atoms with E-state index in [1.807, 2.05) is 5.38 Å². The Morgan fingerprint density at radius 3 is 2.74 bits per heavy atom. The van der Waals surface area contributed by atoms with Crippen LogP contribution in [0.25, 0.3) is 11.3 Å². The first-order valence-electron chi connectivity index (χ1n) is 5.81. The molecule has 6 heteroatoms. The number of benzene rings is 1. The van der Waals surface area contributed by atoms with Crippen molar-refractivity contribution < 1.29 is 4.39 Å². The van der Waals surface area contributed by atoms with E-state index in [2.05, 4.69) is 24.1 Å². The van der Waals surface area contributed by atoms with E-state index < -0.39 is 5.82 Å². The fourth-order valence-corrected chi connectivity index (χ4v) is 2.69. The topological polar surface area (TPSA) is 24.9 Å². The minimum Gasteiger partial charge on any atom is -0.361 e. The molecule has 2 aromatic rings. The Balaban J connectivity index is 2.25. The highest BCUT2D eigenvalue weighted by Crippen LogP contribution is 2.33. The van der Waals surface area contributed by atoms with Crippen molar-refractivity contribution in [1.82, 2.24) is 4.98 Å². The molecular weight excluding hydrogens is 306 g/mol. The van der Waals surface area contributed by atoms with Crippen molar-refractivity contribution in [3.63, 3.8) is 0 Å². The van der Waals surface area contributed by atoms with Crippen LogP contribution in [-0.4, -0.2) is 11.5 Å². The number of thiazole rings is 1. The minimum absolute atomic E-state index is 0.0159. The molecule has 0 atom stereocenters. The molecule has 0 bridgehead atoms. The maximum Gasteiger partial charge on any atom is 0.183 e. The number of hydrogen-bond donors (Lipinski definition) is 1. The molecule has 102 valence electrons. The summed E-state index contributed by atoms with van der Waals surface area (Å²) in [6, 6.07) is 2.71. The molecule has 0 saturated carbocycles. The summed E-state index contributed by atoms with van der Waals surface area (Å²) in [5.41, 5.74) is 1.20. The summed E-state index contributed by atoms with van der Waals surface area (Å²) in [4.78, 5) is 4.40. The maximum absolute atomic E-state index is 13.5. The Hall–Kier alpha value is -0.840. The van der Waals surface area contributed by atoms with Gasteiger partial charge in [-0.05, 0) is 18.1 Å². The van der Waals surface area contributed by atoms with Gasteiger partial charge in [-0.3, -0.25) is 0 Å². The third-order valence-corrected chi connectivity index (χ3v) is 3.85. The van der Waals surface area contributed by atoms with Crippen molar-refractivity contribution in [2.24, 2.45) is 5.92 Å². The van der Waals surface area contributed by atoms with E-state index in [0.717, 1.165) is 11.7 Å². The number of hydrogen-bond acceptors (Lipinski definition) is 3. The molecule has 0 aliphatic carbocycles. The normalized spacial score (nSPS) is 11.1. The Morgan fingerprint density at radius 1 is 1.32 bits per heavy atom. The van der Waals surface area contributed by atoms with Gasteiger partial charge in [-0.1, -0.05) is 37.0 Å². The van der Waals surface area contributed by atoms with E-state index in [-0.39, 0.29) is 5.02 Å². The van der Waals surface area contributed by atoms with E-state index in [1.165, 1.54) is 23.5 Å². The number of anilines is 1. The molecule has 19 heavy (non-hydrogen) atoms. The van der Waals surface area contributed by atoms with Crippen molar-refractivity contribution in [2.75, 3.05) is 11.9 Å². The van der Waals surface area contributed by atoms with Crippen LogP contribution >= 0.6 is 34.5 Å². The molecular formula is C13H13Cl2FN2S. The van der Waals surface area contributed by atoms with Gasteiger partial charge in [0.1, 0.15) is 5.82 Å². The number of aromatic nitrogens is 1. The Labute approximate surface area is 125 Å². The fraction of sp³-hybridized carbons (Fsp3) is 0.308. The second kappa shape index (κ2) is 6.07. The van der Waals surface area contributed by atoms with Gasteiger partial charge in [0.15, 0.2) is 5.13 Å². The minimum atomic E-state index is -0.495. The molecule has 0 fully saturated rings. The summed E-state index contributed by atoms with van der Waals surface area (Å²) >= 11 is 13.2. The maximum atomic E-state index is 13.5. The van der Waals surface area contributed by atoms with Gasteiger partial charge in [0.2, 0.25) is 0 Å². The zero-order chi connectivity index (χ0) is 14.0. The van der Waals surface area contributed by atoms with Gasteiger partial charge in [0.25, 0.3) is 0 Å². The van der Waals surface area contributed by atoms with Crippen LogP contribution in [-0.2, 0) is 0 Å². The first-order valence-corrected chi connectivity index (χ1v) is 7.45. The van der Waals surface area contributed by atoms with Crippen LogP contribution in [0.4, 0.5) is 9.52 Å². The predicted molar refractivity (Wildman–Crippen MR) is 80.9 cm³/mol. The van der Waals surface area contributed by atoms with E-state index in [0.29, 0.717) is 22.2 Å². The van der Waals surface area contributed by atoms with Crippen LogP contribution in [0.2, 0.25) is 10.0 Å². The van der Waals surface area contributed by atoms with Crippen LogP contribution < -0.4 is 5.32 Å². The van der Waals surface area contributed by atoms with E-state index in [9.17, 15) is 4.39 Å². The molecule has 0 saturated heterocycles. The summed E-state index contributed by atoms with van der Waals surface area (Å²) in [5.74, 6) is 0.0367. The molecule has 2 nitrogen and oxygen atoms in total. The van der Waals surface area contributed by atoms with Gasteiger partial charge in [0.05, 0.1) is 15.7 Å². The van der Waals surface area contributed by atoms with Gasteiger partial charge in [-0.25, -0.2) is 9.37 Å². The molecule has 0 amide bonds. The molecule has 1 aromatic carbocycles. The molecule has 0 radical (unpaired) electrons. The molecule has 0 aliphatic rings. The molecule has 0 spiro atoms. The third-order valence-electron chi connectivity index (χ3n) is 2.45. The molecule has 2 rings (SSSR count). The van der Waals surface area contributed by atoms with Gasteiger partial charge in [-0.2, -0.15) is 0 Å². The lowest BCUT2D eigenvalue weighted by molar-refractivity contribution is 0.628. The van der Waals surface area contributed by atoms with Crippen LogP contribution in [0, 0.1) is 11.7 Å². The number of rotatable bonds is 4. The largest absolute Gasteiger partial charge is 0.361 e. The van der Waals surface area contributed by atoms with Gasteiger partial charge >= 0.3 is 0 Å². The van der Waals surface area contributed by atoms with E-state index in [1.54, 1.807) is 0 Å². The highest BCUT2D eigenvalue weighted by molar-refractivity contribution is 7.14. The summed E-state index contributed by atoms with van der Waals surface area (Å²) < 4.78 is 13.5. The van der Waals surface area contributed by atoms with E-state index >= 15 is 0 Å². The van der Waals surface area contributed by atoms with Crippen LogP contribution in [0.15, 0.2) is 17.5 Å². The average molecular weight is 319 g/mol. The zero-order valence-corrected chi connectivity index (χ0v) is 12.8. The van der Waals surface area contributed by atoms with Crippen molar-refractivity contribution in [1.29, 1.82) is 0 Å². The van der Waals surface area contributed by atoms with Crippen molar-refractivity contribution >= 4 is 39.7 Å². The van der Waals surface area contributed by atoms with Crippen LogP contribution in [0.5, 0.6) is 0 Å². The Kier molecular flexibility index (Phi) is 4.66. The first-order chi connectivity index (χ1) is 8.97. The van der Waals surface area contributed by atoms with Crippen molar-refractivity contribution in [3.8, 4) is 11.3 Å². The lowest BCUT2D eigenvalue weighted by Crippen LogP contribution is -2.07. The van der Waals surface area contributed by atoms with E-state index in [4.69, 9.17) is 23.2 Å². The smallest absolute Gasteiger partial charge is 0.183 e. The second-order valence-corrected chi connectivity index (χ2v) is 6.23. The Morgan fingerprint density at radius 2 is 2.05 bits per heavy atom. The molecule has 1 N–H and O–H groups in total. The quantitative estimate of drug-likeness (QED) is 0.771. The lowest BCUT2D eigenvalue weighted by Gasteiger charge is -2.05. The van der Waals surface area contributed by atoms with Crippen LogP contribution in [0.3, 0.4) is 0 Å². The highest BCUT2D eigenvalue weighted by Gasteiger charge is 2.12. The van der Waals surface area contributed by atoms with Crippen molar-refractivity contribution in [3.05, 3.63) is 33.4 Å². The summed E-state index contributed by atoms with van der Waals surface area (Å²) in [7, 11) is 0. The lowest BCUT2D eigenvalue weighted by atomic mass is 10.2. The summed E-state index contributed by atoms with van der Waals surface area (Å²) in [6.45, 7) is 5.08. The van der Waals surface area contributed by atoms with Gasteiger partial charge < -0.3 is 5.32 Å². The molecule has 1 aromatic heterocycles. The summed E-state index contributed by atoms with van der Waals surface area (Å²) in [6.07, 6.45) is 0. The first kappa shape index (κ1) is 14.6. The SMILES string of the molecule is CC(C)CNc1nc(-c2cc(F)c(Cl)cc2Cl)cs1. The van der Waals surface area contributed by atoms with Crippen LogP contribution in [0.1, 0.15) is 13.8 Å². The van der Waals surface area contributed by atoms with Gasteiger partial charge in [-0.15, -0.1) is 11.3 Å². The zero-order valence-electron chi connectivity index (χ0n) is 10.5. The molecule has 0 aliphatic heterocycles. The third kappa shape index (κ3) is 3.59.